The summed E-state index contributed by atoms with van der Waals surface area (Å²) in [7, 11) is 0. The molecular formula is C34H52N4O4. The Morgan fingerprint density at radius 3 is 2.45 bits per heavy atom. The number of urea groups is 1. The Bertz CT molecular complexity index is 1100. The van der Waals surface area contributed by atoms with Crippen LogP contribution in [0.3, 0.4) is 0 Å². The minimum absolute atomic E-state index is 0.00642. The predicted molar refractivity (Wildman–Crippen MR) is 163 cm³/mol. The van der Waals surface area contributed by atoms with Gasteiger partial charge in [-0.25, -0.2) is 4.79 Å². The van der Waals surface area contributed by atoms with Crippen molar-refractivity contribution < 1.29 is 19.4 Å². The smallest absolute Gasteiger partial charge is 0.320 e. The van der Waals surface area contributed by atoms with E-state index in [2.05, 4.69) is 65.1 Å². The lowest BCUT2D eigenvalue weighted by molar-refractivity contribution is -0.127. The Morgan fingerprint density at radius 2 is 1.81 bits per heavy atom. The van der Waals surface area contributed by atoms with E-state index in [0.717, 1.165) is 89.8 Å². The monoisotopic (exact) mass is 580 g/mol. The number of aliphatic hydroxyl groups is 1. The van der Waals surface area contributed by atoms with Crippen LogP contribution in [0.5, 0.6) is 0 Å². The van der Waals surface area contributed by atoms with Crippen molar-refractivity contribution in [3.05, 3.63) is 35.9 Å². The van der Waals surface area contributed by atoms with Gasteiger partial charge in [-0.05, 0) is 89.5 Å². The first-order chi connectivity index (χ1) is 20.3. The van der Waals surface area contributed by atoms with E-state index in [0.29, 0.717) is 24.8 Å². The molecule has 2 saturated carbocycles. The summed E-state index contributed by atoms with van der Waals surface area (Å²) >= 11 is 0. The second-order valence-electron chi connectivity index (χ2n) is 14.2. The molecule has 0 bridgehead atoms. The van der Waals surface area contributed by atoms with E-state index in [-0.39, 0.29) is 47.1 Å². The largest absolute Gasteiger partial charge is 0.393 e. The maximum absolute atomic E-state index is 13.8. The number of carbonyl (C=O) groups is 2. The van der Waals surface area contributed by atoms with Crippen LogP contribution >= 0.6 is 0 Å². The predicted octanol–water partition coefficient (Wildman–Crippen LogP) is 4.72. The number of amides is 3. The highest BCUT2D eigenvalue weighted by atomic mass is 16.5. The number of carbonyl (C=O) groups excluding carboxylic acids is 2. The van der Waals surface area contributed by atoms with Crippen LogP contribution in [0.1, 0.15) is 96.6 Å². The first-order valence-electron chi connectivity index (χ1n) is 16.7. The van der Waals surface area contributed by atoms with Crippen molar-refractivity contribution in [2.24, 2.45) is 11.8 Å². The molecule has 1 aromatic carbocycles. The summed E-state index contributed by atoms with van der Waals surface area (Å²) in [6.45, 7) is 11.0. The second-order valence-corrected chi connectivity index (χ2v) is 14.2. The van der Waals surface area contributed by atoms with Crippen LogP contribution in [0.4, 0.5) is 4.79 Å². The van der Waals surface area contributed by atoms with Gasteiger partial charge < -0.3 is 25.0 Å². The van der Waals surface area contributed by atoms with Gasteiger partial charge in [-0.1, -0.05) is 37.3 Å². The van der Waals surface area contributed by atoms with Gasteiger partial charge in [0, 0.05) is 56.4 Å². The fourth-order valence-corrected chi connectivity index (χ4v) is 9.18. The van der Waals surface area contributed by atoms with Crippen LogP contribution in [-0.4, -0.2) is 93.9 Å². The van der Waals surface area contributed by atoms with E-state index >= 15 is 0 Å². The molecule has 8 heteroatoms. The van der Waals surface area contributed by atoms with E-state index in [1.165, 1.54) is 0 Å². The van der Waals surface area contributed by atoms with Gasteiger partial charge in [-0.2, -0.15) is 0 Å². The normalized spacial score (nSPS) is 35.6. The van der Waals surface area contributed by atoms with Crippen LogP contribution in [0.2, 0.25) is 0 Å². The highest BCUT2D eigenvalue weighted by molar-refractivity contribution is 5.79. The fourth-order valence-electron chi connectivity index (χ4n) is 9.18. The van der Waals surface area contributed by atoms with Crippen molar-refractivity contribution in [1.29, 1.82) is 0 Å². The number of likely N-dealkylation sites (tertiary alicyclic amines) is 1. The first kappa shape index (κ1) is 29.9. The number of aliphatic hydroxyl groups excluding tert-OH is 1. The summed E-state index contributed by atoms with van der Waals surface area (Å²) in [6, 6.07) is 11.3. The van der Waals surface area contributed by atoms with E-state index in [9.17, 15) is 14.7 Å². The molecule has 42 heavy (non-hydrogen) atoms. The third-order valence-corrected chi connectivity index (χ3v) is 11.4. The molecule has 1 spiro atoms. The second kappa shape index (κ2) is 12.1. The lowest BCUT2D eigenvalue weighted by Crippen LogP contribution is -2.52. The molecule has 3 amide bonds. The summed E-state index contributed by atoms with van der Waals surface area (Å²) < 4.78 is 5.58. The van der Waals surface area contributed by atoms with Crippen molar-refractivity contribution >= 4 is 11.9 Å². The first-order valence-corrected chi connectivity index (χ1v) is 16.7. The number of piperidine rings is 1. The summed E-state index contributed by atoms with van der Waals surface area (Å²) in [5, 5.41) is 13.3. The van der Waals surface area contributed by atoms with Gasteiger partial charge in [0.05, 0.1) is 17.7 Å². The molecule has 2 N–H and O–H groups in total. The van der Waals surface area contributed by atoms with Gasteiger partial charge in [0.25, 0.3) is 0 Å². The fraction of sp³-hybridized carbons (Fsp3) is 0.765. The molecule has 0 radical (unpaired) electrons. The highest BCUT2D eigenvalue weighted by Gasteiger charge is 2.73. The average Bonchev–Trinajstić information content (AvgIpc) is 3.27. The summed E-state index contributed by atoms with van der Waals surface area (Å²) in [5.41, 5.74) is 1.23. The molecule has 3 saturated heterocycles. The van der Waals surface area contributed by atoms with Crippen molar-refractivity contribution in [3.8, 4) is 0 Å². The molecule has 5 aliphatic rings. The average molecular weight is 581 g/mol. The molecule has 5 fully saturated rings. The van der Waals surface area contributed by atoms with E-state index in [1.807, 2.05) is 6.07 Å². The molecule has 232 valence electrons. The molecule has 3 heterocycles. The van der Waals surface area contributed by atoms with Gasteiger partial charge >= 0.3 is 6.03 Å². The van der Waals surface area contributed by atoms with Crippen LogP contribution in [-0.2, 0) is 9.53 Å². The van der Waals surface area contributed by atoms with Crippen molar-refractivity contribution in [3.63, 3.8) is 0 Å². The van der Waals surface area contributed by atoms with Crippen LogP contribution < -0.4 is 5.32 Å². The van der Waals surface area contributed by atoms with E-state index in [1.54, 1.807) is 0 Å². The maximum Gasteiger partial charge on any atom is 0.320 e. The number of nitrogens with one attached hydrogen (secondary N) is 1. The summed E-state index contributed by atoms with van der Waals surface area (Å²) in [6.07, 6.45) is 8.85. The molecule has 0 aromatic heterocycles. The maximum atomic E-state index is 13.8. The molecular weight excluding hydrogens is 528 g/mol. The zero-order chi connectivity index (χ0) is 29.5. The zero-order valence-corrected chi connectivity index (χ0v) is 26.0. The van der Waals surface area contributed by atoms with Gasteiger partial charge in [-0.15, -0.1) is 0 Å². The molecule has 6 rings (SSSR count). The molecule has 3 aliphatic heterocycles. The highest BCUT2D eigenvalue weighted by Crippen LogP contribution is 2.62. The SMILES string of the molecule is CCC12CC3(CC1N2CCC(NC(=O)C1CCC(O)CC1)c1ccccc1)CN(CC1CCOCC1)C(=O)N3C(C)C. The Labute approximate surface area is 252 Å². The third kappa shape index (κ3) is 5.59. The number of fused-ring (bicyclic) bond motifs is 1. The number of nitrogens with zero attached hydrogens (tertiary/aromatic N) is 3. The van der Waals surface area contributed by atoms with Gasteiger partial charge in [-0.3, -0.25) is 9.69 Å². The Morgan fingerprint density at radius 1 is 1.10 bits per heavy atom. The van der Waals surface area contributed by atoms with Crippen molar-refractivity contribution in [2.45, 2.75) is 120 Å². The molecule has 1 aromatic rings. The third-order valence-electron chi connectivity index (χ3n) is 11.4. The van der Waals surface area contributed by atoms with Gasteiger partial charge in [0.2, 0.25) is 5.91 Å². The standard InChI is InChI=1S/C34H52N4O4/c1-4-34-22-33(23-36(32(41)38(33)24(2)3)21-25-15-18-42-19-16-25)20-30(34)37(34)17-14-29(26-8-6-5-7-9-26)35-31(40)27-10-12-28(39)13-11-27/h5-9,24-25,27-30,39H,4,10-23H2,1-3H3,(H,35,40). The Hall–Kier alpha value is -2.16. The minimum atomic E-state index is -0.259. The van der Waals surface area contributed by atoms with Crippen molar-refractivity contribution in [2.75, 3.05) is 32.8 Å². The lowest BCUT2D eigenvalue weighted by atomic mass is 9.86. The summed E-state index contributed by atoms with van der Waals surface area (Å²) in [5.74, 6) is 0.670. The Kier molecular flexibility index (Phi) is 8.60. The number of rotatable bonds is 10. The quantitative estimate of drug-likeness (QED) is 0.391. The number of benzene rings is 1. The summed E-state index contributed by atoms with van der Waals surface area (Å²) in [4.78, 5) is 34.1. The topological polar surface area (TPSA) is 85.1 Å². The van der Waals surface area contributed by atoms with Crippen LogP contribution in [0.25, 0.3) is 0 Å². The number of hydrogen-bond donors (Lipinski definition) is 2. The van der Waals surface area contributed by atoms with Gasteiger partial charge in [0.15, 0.2) is 0 Å². The zero-order valence-electron chi connectivity index (χ0n) is 26.0. The number of ether oxygens (including phenoxy) is 1. The van der Waals surface area contributed by atoms with Crippen LogP contribution in [0, 0.1) is 11.8 Å². The molecule has 5 unspecified atom stereocenters. The molecule has 2 aliphatic carbocycles. The van der Waals surface area contributed by atoms with E-state index < -0.39 is 0 Å². The molecule has 8 nitrogen and oxygen atoms in total. The molecule has 5 atom stereocenters. The van der Waals surface area contributed by atoms with Crippen LogP contribution in [0.15, 0.2) is 30.3 Å². The van der Waals surface area contributed by atoms with Crippen molar-refractivity contribution in [1.82, 2.24) is 20.0 Å². The lowest BCUT2D eigenvalue weighted by Gasteiger charge is -2.40. The Balaban J connectivity index is 1.12. The van der Waals surface area contributed by atoms with E-state index in [4.69, 9.17) is 4.74 Å². The number of hydrogen-bond acceptors (Lipinski definition) is 5. The minimum Gasteiger partial charge on any atom is -0.393 e. The van der Waals surface area contributed by atoms with Gasteiger partial charge in [0.1, 0.15) is 0 Å².